The standard InChI is InChI=1S/C21H22N2O/c24-14-17-7-3-4-8-18(17)16-10-11-19-20(13-16)23-21(22-19)12-9-15-5-1-2-6-15/h3-4,7-13,15,24H,1-2,5-6,14H2,(H,22,23). The number of rotatable bonds is 4. The van der Waals surface area contributed by atoms with E-state index in [9.17, 15) is 5.11 Å². The summed E-state index contributed by atoms with van der Waals surface area (Å²) >= 11 is 0. The quantitative estimate of drug-likeness (QED) is 0.717. The zero-order valence-corrected chi connectivity index (χ0v) is 13.7. The van der Waals surface area contributed by atoms with E-state index in [4.69, 9.17) is 4.98 Å². The zero-order valence-electron chi connectivity index (χ0n) is 13.7. The van der Waals surface area contributed by atoms with Gasteiger partial charge in [0, 0.05) is 0 Å². The Morgan fingerprint density at radius 3 is 2.79 bits per heavy atom. The second-order valence-electron chi connectivity index (χ2n) is 6.57. The van der Waals surface area contributed by atoms with Crippen molar-refractivity contribution in [3.63, 3.8) is 0 Å². The number of allylic oxidation sites excluding steroid dienone is 1. The molecule has 0 atom stereocenters. The van der Waals surface area contributed by atoms with Gasteiger partial charge in [0.2, 0.25) is 0 Å². The van der Waals surface area contributed by atoms with Crippen LogP contribution in [0, 0.1) is 5.92 Å². The van der Waals surface area contributed by atoms with Gasteiger partial charge >= 0.3 is 0 Å². The van der Waals surface area contributed by atoms with Crippen LogP contribution in [-0.2, 0) is 6.61 Å². The molecular weight excluding hydrogens is 296 g/mol. The number of nitrogens with zero attached hydrogens (tertiary/aromatic N) is 1. The maximum absolute atomic E-state index is 9.54. The molecule has 122 valence electrons. The van der Waals surface area contributed by atoms with Gasteiger partial charge in [-0.1, -0.05) is 49.2 Å². The third-order valence-corrected chi connectivity index (χ3v) is 4.93. The molecule has 0 unspecified atom stereocenters. The number of aliphatic hydroxyl groups is 1. The lowest BCUT2D eigenvalue weighted by Crippen LogP contribution is -1.88. The van der Waals surface area contributed by atoms with Crippen LogP contribution in [0.5, 0.6) is 0 Å². The van der Waals surface area contributed by atoms with E-state index in [1.54, 1.807) is 0 Å². The van der Waals surface area contributed by atoms with Crippen LogP contribution in [0.3, 0.4) is 0 Å². The highest BCUT2D eigenvalue weighted by atomic mass is 16.3. The fraction of sp³-hybridized carbons (Fsp3) is 0.286. The van der Waals surface area contributed by atoms with Crippen molar-refractivity contribution in [3.05, 3.63) is 59.9 Å². The van der Waals surface area contributed by atoms with Gasteiger partial charge in [0.05, 0.1) is 17.6 Å². The lowest BCUT2D eigenvalue weighted by molar-refractivity contribution is 0.282. The first-order valence-electron chi connectivity index (χ1n) is 8.70. The Hall–Kier alpha value is -2.39. The molecule has 0 radical (unpaired) electrons. The number of aliphatic hydroxyl groups excluding tert-OH is 1. The average molecular weight is 318 g/mol. The van der Waals surface area contributed by atoms with Crippen molar-refractivity contribution in [2.24, 2.45) is 5.92 Å². The third kappa shape index (κ3) is 3.00. The molecule has 4 rings (SSSR count). The third-order valence-electron chi connectivity index (χ3n) is 4.93. The fourth-order valence-electron chi connectivity index (χ4n) is 3.59. The molecule has 3 aromatic rings. The zero-order chi connectivity index (χ0) is 16.4. The highest BCUT2D eigenvalue weighted by Gasteiger charge is 2.12. The summed E-state index contributed by atoms with van der Waals surface area (Å²) < 4.78 is 0. The van der Waals surface area contributed by atoms with Crippen molar-refractivity contribution >= 4 is 17.1 Å². The number of H-pyrrole nitrogens is 1. The minimum atomic E-state index is 0.0458. The summed E-state index contributed by atoms with van der Waals surface area (Å²) in [5, 5.41) is 9.54. The van der Waals surface area contributed by atoms with Gasteiger partial charge in [-0.05, 0) is 53.7 Å². The molecule has 0 amide bonds. The van der Waals surface area contributed by atoms with Gasteiger partial charge < -0.3 is 10.1 Å². The lowest BCUT2D eigenvalue weighted by atomic mass is 10.00. The van der Waals surface area contributed by atoms with Crippen molar-refractivity contribution in [2.75, 3.05) is 0 Å². The minimum absolute atomic E-state index is 0.0458. The Morgan fingerprint density at radius 2 is 1.96 bits per heavy atom. The first kappa shape index (κ1) is 15.2. The Morgan fingerprint density at radius 1 is 1.12 bits per heavy atom. The Labute approximate surface area is 142 Å². The van der Waals surface area contributed by atoms with E-state index in [1.807, 2.05) is 24.3 Å². The van der Waals surface area contributed by atoms with E-state index >= 15 is 0 Å². The van der Waals surface area contributed by atoms with Gasteiger partial charge in [-0.15, -0.1) is 0 Å². The van der Waals surface area contributed by atoms with Crippen LogP contribution in [-0.4, -0.2) is 15.1 Å². The van der Waals surface area contributed by atoms with Crippen molar-refractivity contribution in [3.8, 4) is 11.1 Å². The van der Waals surface area contributed by atoms with E-state index in [1.165, 1.54) is 25.7 Å². The van der Waals surface area contributed by atoms with E-state index in [0.29, 0.717) is 5.92 Å². The SMILES string of the molecule is OCc1ccccc1-c1ccc2[nH]c(C=CC3CCCC3)nc2c1. The van der Waals surface area contributed by atoms with Gasteiger partial charge in [-0.2, -0.15) is 0 Å². The Balaban J connectivity index is 1.66. The summed E-state index contributed by atoms with van der Waals surface area (Å²) in [4.78, 5) is 8.09. The summed E-state index contributed by atoms with van der Waals surface area (Å²) in [6, 6.07) is 14.2. The molecule has 2 N–H and O–H groups in total. The normalized spacial score (nSPS) is 15.7. The molecule has 24 heavy (non-hydrogen) atoms. The largest absolute Gasteiger partial charge is 0.392 e. The first-order chi connectivity index (χ1) is 11.8. The summed E-state index contributed by atoms with van der Waals surface area (Å²) in [6.45, 7) is 0.0458. The number of aromatic amines is 1. The number of aromatic nitrogens is 2. The topological polar surface area (TPSA) is 48.9 Å². The molecule has 1 fully saturated rings. The van der Waals surface area contributed by atoms with Crippen LogP contribution >= 0.6 is 0 Å². The van der Waals surface area contributed by atoms with E-state index < -0.39 is 0 Å². The number of benzene rings is 2. The highest BCUT2D eigenvalue weighted by molar-refractivity contribution is 5.83. The molecule has 0 aliphatic heterocycles. The first-order valence-corrected chi connectivity index (χ1v) is 8.70. The molecule has 0 bridgehead atoms. The molecule has 1 aromatic heterocycles. The average Bonchev–Trinajstić information content (AvgIpc) is 3.28. The summed E-state index contributed by atoms with van der Waals surface area (Å²) in [5.41, 5.74) is 5.10. The maximum atomic E-state index is 9.54. The van der Waals surface area contributed by atoms with Crippen LogP contribution in [0.25, 0.3) is 28.2 Å². The van der Waals surface area contributed by atoms with Crippen LogP contribution in [0.1, 0.15) is 37.1 Å². The van der Waals surface area contributed by atoms with Gasteiger partial charge in [0.1, 0.15) is 5.82 Å². The molecule has 2 aromatic carbocycles. The van der Waals surface area contributed by atoms with Crippen molar-refractivity contribution in [1.82, 2.24) is 9.97 Å². The second-order valence-corrected chi connectivity index (χ2v) is 6.57. The van der Waals surface area contributed by atoms with E-state index in [0.717, 1.165) is 33.5 Å². The number of imidazole rings is 1. The molecule has 1 heterocycles. The summed E-state index contributed by atoms with van der Waals surface area (Å²) in [5.74, 6) is 1.63. The lowest BCUT2D eigenvalue weighted by Gasteiger charge is -2.07. The van der Waals surface area contributed by atoms with Crippen LogP contribution in [0.2, 0.25) is 0 Å². The number of fused-ring (bicyclic) bond motifs is 1. The van der Waals surface area contributed by atoms with Gasteiger partial charge in [-0.25, -0.2) is 4.98 Å². The number of hydrogen-bond acceptors (Lipinski definition) is 2. The molecule has 1 aliphatic rings. The summed E-state index contributed by atoms with van der Waals surface area (Å²) in [7, 11) is 0. The Kier molecular flexibility index (Phi) is 4.18. The van der Waals surface area contributed by atoms with Gasteiger partial charge in [0.25, 0.3) is 0 Å². The molecule has 3 nitrogen and oxygen atoms in total. The second kappa shape index (κ2) is 6.62. The van der Waals surface area contributed by atoms with Crippen molar-refractivity contribution in [2.45, 2.75) is 32.3 Å². The molecule has 0 spiro atoms. The molecule has 3 heteroatoms. The van der Waals surface area contributed by atoms with Crippen LogP contribution < -0.4 is 0 Å². The molecular formula is C21H22N2O. The molecule has 0 saturated heterocycles. The number of nitrogens with one attached hydrogen (secondary N) is 1. The van der Waals surface area contributed by atoms with Crippen molar-refractivity contribution in [1.29, 1.82) is 0 Å². The minimum Gasteiger partial charge on any atom is -0.392 e. The van der Waals surface area contributed by atoms with Crippen LogP contribution in [0.4, 0.5) is 0 Å². The van der Waals surface area contributed by atoms with Gasteiger partial charge in [0.15, 0.2) is 0 Å². The predicted octanol–water partition coefficient (Wildman–Crippen LogP) is 4.93. The monoisotopic (exact) mass is 318 g/mol. The van der Waals surface area contributed by atoms with Gasteiger partial charge in [-0.3, -0.25) is 0 Å². The highest BCUT2D eigenvalue weighted by Crippen LogP contribution is 2.28. The molecule has 1 saturated carbocycles. The van der Waals surface area contributed by atoms with Crippen molar-refractivity contribution < 1.29 is 5.11 Å². The summed E-state index contributed by atoms with van der Waals surface area (Å²) in [6.07, 6.45) is 9.73. The Bertz CT molecular complexity index is 872. The molecule has 1 aliphatic carbocycles. The maximum Gasteiger partial charge on any atom is 0.130 e. The van der Waals surface area contributed by atoms with E-state index in [2.05, 4.69) is 35.3 Å². The van der Waals surface area contributed by atoms with E-state index in [-0.39, 0.29) is 6.61 Å². The smallest absolute Gasteiger partial charge is 0.130 e. The predicted molar refractivity (Wildman–Crippen MR) is 98.4 cm³/mol. The fourth-order valence-corrected chi connectivity index (χ4v) is 3.59. The number of hydrogen-bond donors (Lipinski definition) is 2. The van der Waals surface area contributed by atoms with Crippen LogP contribution in [0.15, 0.2) is 48.5 Å².